The van der Waals surface area contributed by atoms with Crippen LogP contribution in [-0.4, -0.2) is 67.7 Å². The number of nitrogens with zero attached hydrogens (tertiary/aromatic N) is 2. The average Bonchev–Trinajstić information content (AvgIpc) is 2.43. The molecule has 27 heavy (non-hydrogen) atoms. The van der Waals surface area contributed by atoms with Crippen molar-refractivity contribution >= 4 is 41.9 Å². The molecule has 0 saturated carbocycles. The van der Waals surface area contributed by atoms with Crippen molar-refractivity contribution in [3.05, 3.63) is 0 Å². The van der Waals surface area contributed by atoms with Crippen LogP contribution in [0.5, 0.6) is 0 Å². The number of carbonyl (C=O) groups is 2. The fraction of sp³-hybridized carbons (Fsp3) is 0.833. The number of amides is 2. The SMILES string of the molecule is CN=C(NCC(=O)NC(C)(C)C)NCC(C)CN(C)C(=O)OC(C)(C)C.I. The summed E-state index contributed by atoms with van der Waals surface area (Å²) in [5, 5.41) is 9.01. The molecule has 8 nitrogen and oxygen atoms in total. The molecule has 1 atom stereocenters. The number of rotatable bonds is 6. The van der Waals surface area contributed by atoms with Crippen LogP contribution in [0.3, 0.4) is 0 Å². The third-order valence-corrected chi connectivity index (χ3v) is 3.06. The first-order valence-corrected chi connectivity index (χ1v) is 8.93. The highest BCUT2D eigenvalue weighted by Gasteiger charge is 2.21. The zero-order valence-corrected chi connectivity index (χ0v) is 20.6. The van der Waals surface area contributed by atoms with E-state index in [9.17, 15) is 9.59 Å². The molecule has 1 unspecified atom stereocenters. The highest BCUT2D eigenvalue weighted by Crippen LogP contribution is 2.10. The number of carbonyl (C=O) groups excluding carboxylic acids is 2. The van der Waals surface area contributed by atoms with Crippen LogP contribution in [0.1, 0.15) is 48.5 Å². The lowest BCUT2D eigenvalue weighted by atomic mass is 10.1. The van der Waals surface area contributed by atoms with Crippen molar-refractivity contribution in [1.82, 2.24) is 20.9 Å². The van der Waals surface area contributed by atoms with Gasteiger partial charge >= 0.3 is 6.09 Å². The Morgan fingerprint density at radius 1 is 1.11 bits per heavy atom. The molecule has 160 valence electrons. The number of guanidine groups is 1. The van der Waals surface area contributed by atoms with Gasteiger partial charge in [-0.1, -0.05) is 6.92 Å². The average molecular weight is 499 g/mol. The highest BCUT2D eigenvalue weighted by atomic mass is 127. The monoisotopic (exact) mass is 499 g/mol. The molecule has 0 radical (unpaired) electrons. The second-order valence-corrected chi connectivity index (χ2v) is 8.57. The van der Waals surface area contributed by atoms with E-state index in [1.807, 2.05) is 48.5 Å². The molecule has 0 aliphatic carbocycles. The third-order valence-electron chi connectivity index (χ3n) is 3.06. The predicted octanol–water partition coefficient (Wildman–Crippen LogP) is 2.19. The van der Waals surface area contributed by atoms with Gasteiger partial charge in [0, 0.05) is 32.7 Å². The first-order valence-electron chi connectivity index (χ1n) is 8.93. The van der Waals surface area contributed by atoms with Gasteiger partial charge < -0.3 is 25.6 Å². The summed E-state index contributed by atoms with van der Waals surface area (Å²) in [6.45, 7) is 14.6. The van der Waals surface area contributed by atoms with Gasteiger partial charge in [-0.05, 0) is 47.5 Å². The van der Waals surface area contributed by atoms with E-state index in [0.29, 0.717) is 19.0 Å². The van der Waals surface area contributed by atoms with Gasteiger partial charge in [-0.25, -0.2) is 4.79 Å². The predicted molar refractivity (Wildman–Crippen MR) is 121 cm³/mol. The largest absolute Gasteiger partial charge is 0.444 e. The molecule has 0 aliphatic rings. The normalized spacial score (nSPS) is 13.1. The first kappa shape index (κ1) is 28.0. The fourth-order valence-electron chi connectivity index (χ4n) is 2.06. The molecule has 0 spiro atoms. The van der Waals surface area contributed by atoms with Crippen LogP contribution in [0.2, 0.25) is 0 Å². The zero-order chi connectivity index (χ0) is 20.5. The molecule has 0 aromatic heterocycles. The summed E-state index contributed by atoms with van der Waals surface area (Å²) < 4.78 is 5.34. The lowest BCUT2D eigenvalue weighted by molar-refractivity contribution is -0.121. The molecule has 0 heterocycles. The van der Waals surface area contributed by atoms with E-state index in [0.717, 1.165) is 0 Å². The summed E-state index contributed by atoms with van der Waals surface area (Å²) in [6.07, 6.45) is -0.342. The Hall–Kier alpha value is -1.26. The molecule has 0 fully saturated rings. The Labute approximate surface area is 181 Å². The summed E-state index contributed by atoms with van der Waals surface area (Å²) >= 11 is 0. The molecule has 0 aromatic rings. The quantitative estimate of drug-likeness (QED) is 0.296. The van der Waals surface area contributed by atoms with Crippen LogP contribution < -0.4 is 16.0 Å². The molecular weight excluding hydrogens is 461 g/mol. The maximum atomic E-state index is 12.0. The number of hydrogen-bond donors (Lipinski definition) is 3. The minimum Gasteiger partial charge on any atom is -0.444 e. The van der Waals surface area contributed by atoms with Crippen LogP contribution in [0.25, 0.3) is 0 Å². The smallest absolute Gasteiger partial charge is 0.410 e. The Kier molecular flexibility index (Phi) is 12.7. The Morgan fingerprint density at radius 2 is 1.67 bits per heavy atom. The van der Waals surface area contributed by atoms with Crippen molar-refractivity contribution in [2.24, 2.45) is 10.9 Å². The Morgan fingerprint density at radius 3 is 2.11 bits per heavy atom. The van der Waals surface area contributed by atoms with Crippen molar-refractivity contribution in [3.63, 3.8) is 0 Å². The van der Waals surface area contributed by atoms with E-state index in [-0.39, 0.29) is 54.0 Å². The van der Waals surface area contributed by atoms with Crippen LogP contribution in [-0.2, 0) is 9.53 Å². The maximum Gasteiger partial charge on any atom is 0.410 e. The number of ether oxygens (including phenoxy) is 1. The van der Waals surface area contributed by atoms with Crippen molar-refractivity contribution in [2.75, 3.05) is 33.7 Å². The van der Waals surface area contributed by atoms with E-state index in [4.69, 9.17) is 4.74 Å². The number of hydrogen-bond acceptors (Lipinski definition) is 4. The molecule has 3 N–H and O–H groups in total. The summed E-state index contributed by atoms with van der Waals surface area (Å²) in [5.74, 6) is 0.619. The summed E-state index contributed by atoms with van der Waals surface area (Å²) in [7, 11) is 3.36. The zero-order valence-electron chi connectivity index (χ0n) is 18.2. The van der Waals surface area contributed by atoms with E-state index in [2.05, 4.69) is 20.9 Å². The molecular formula is C18H38IN5O3. The summed E-state index contributed by atoms with van der Waals surface area (Å²) in [6, 6.07) is 0. The molecule has 0 bridgehead atoms. The van der Waals surface area contributed by atoms with Crippen LogP contribution in [0, 0.1) is 5.92 Å². The van der Waals surface area contributed by atoms with Gasteiger partial charge in [0.2, 0.25) is 5.91 Å². The topological polar surface area (TPSA) is 95.1 Å². The van der Waals surface area contributed by atoms with Crippen LogP contribution >= 0.6 is 24.0 Å². The standard InChI is InChI=1S/C18H37N5O3.HI/c1-13(12-23(9)16(25)26-18(5,6)7)10-20-15(19-8)21-11-14(24)22-17(2,3)4;/h13H,10-12H2,1-9H3,(H,22,24)(H2,19,20,21);1H. The van der Waals surface area contributed by atoms with E-state index >= 15 is 0 Å². The van der Waals surface area contributed by atoms with Gasteiger partial charge in [-0.15, -0.1) is 24.0 Å². The maximum absolute atomic E-state index is 12.0. The van der Waals surface area contributed by atoms with Crippen molar-refractivity contribution in [1.29, 1.82) is 0 Å². The first-order chi connectivity index (χ1) is 11.7. The van der Waals surface area contributed by atoms with Crippen LogP contribution in [0.15, 0.2) is 4.99 Å². The van der Waals surface area contributed by atoms with Gasteiger partial charge in [-0.2, -0.15) is 0 Å². The van der Waals surface area contributed by atoms with Gasteiger partial charge in [-0.3, -0.25) is 9.79 Å². The van der Waals surface area contributed by atoms with Gasteiger partial charge in [0.05, 0.1) is 6.54 Å². The number of aliphatic imine (C=N–C) groups is 1. The van der Waals surface area contributed by atoms with E-state index in [1.165, 1.54) is 0 Å². The second kappa shape index (κ2) is 12.2. The van der Waals surface area contributed by atoms with Gasteiger partial charge in [0.1, 0.15) is 5.60 Å². The Balaban J connectivity index is 0. The van der Waals surface area contributed by atoms with Crippen molar-refractivity contribution in [3.8, 4) is 0 Å². The van der Waals surface area contributed by atoms with Gasteiger partial charge in [0.25, 0.3) is 0 Å². The molecule has 0 rings (SSSR count). The lowest BCUT2D eigenvalue weighted by Gasteiger charge is -2.26. The van der Waals surface area contributed by atoms with E-state index in [1.54, 1.807) is 19.0 Å². The minimum atomic E-state index is -0.508. The molecule has 2 amide bonds. The Bertz CT molecular complexity index is 498. The minimum absolute atomic E-state index is 0. The molecule has 9 heteroatoms. The third kappa shape index (κ3) is 15.5. The van der Waals surface area contributed by atoms with Crippen molar-refractivity contribution < 1.29 is 14.3 Å². The van der Waals surface area contributed by atoms with Gasteiger partial charge in [0.15, 0.2) is 5.96 Å². The number of nitrogens with one attached hydrogen (secondary N) is 3. The molecule has 0 saturated heterocycles. The second-order valence-electron chi connectivity index (χ2n) is 8.57. The molecule has 0 aromatic carbocycles. The van der Waals surface area contributed by atoms with Crippen molar-refractivity contribution in [2.45, 2.75) is 59.6 Å². The summed E-state index contributed by atoms with van der Waals surface area (Å²) in [4.78, 5) is 29.5. The fourth-order valence-corrected chi connectivity index (χ4v) is 2.06. The summed E-state index contributed by atoms with van der Waals surface area (Å²) in [5.41, 5.74) is -0.775. The highest BCUT2D eigenvalue weighted by molar-refractivity contribution is 14.0. The molecule has 0 aliphatic heterocycles. The van der Waals surface area contributed by atoms with E-state index < -0.39 is 5.60 Å². The number of halogens is 1. The van der Waals surface area contributed by atoms with Crippen LogP contribution in [0.4, 0.5) is 4.79 Å². The lowest BCUT2D eigenvalue weighted by Crippen LogP contribution is -2.49.